The minimum Gasteiger partial charge on any atom is -0.349 e. The summed E-state index contributed by atoms with van der Waals surface area (Å²) in [5.74, 6) is -1.22. The Hall–Kier alpha value is -1.75. The summed E-state index contributed by atoms with van der Waals surface area (Å²) in [4.78, 5) is 16.3. The molecule has 1 amide bonds. The van der Waals surface area contributed by atoms with E-state index >= 15 is 0 Å². The Morgan fingerprint density at radius 2 is 1.96 bits per heavy atom. The van der Waals surface area contributed by atoms with Crippen LogP contribution in [-0.2, 0) is 0 Å². The SMILES string of the molecule is C[C@H]1CC[C@H](NC(=O)c2cnc3c(F)cc(F)cc3c2Cl)CC1. The lowest BCUT2D eigenvalue weighted by Crippen LogP contribution is -2.37. The molecular formula is C17H17ClF2N2O. The van der Waals surface area contributed by atoms with Gasteiger partial charge in [-0.3, -0.25) is 9.78 Å². The maximum absolute atomic E-state index is 13.7. The van der Waals surface area contributed by atoms with Crippen LogP contribution in [-0.4, -0.2) is 16.9 Å². The fourth-order valence-electron chi connectivity index (χ4n) is 3.02. The first-order valence-corrected chi connectivity index (χ1v) is 8.07. The van der Waals surface area contributed by atoms with E-state index in [0.29, 0.717) is 5.92 Å². The molecule has 1 heterocycles. The Kier molecular flexibility index (Phi) is 4.48. The number of halogens is 3. The smallest absolute Gasteiger partial charge is 0.254 e. The van der Waals surface area contributed by atoms with Crippen molar-refractivity contribution in [1.29, 1.82) is 0 Å². The van der Waals surface area contributed by atoms with Crippen LogP contribution in [0.15, 0.2) is 18.3 Å². The van der Waals surface area contributed by atoms with Crippen LogP contribution in [0.3, 0.4) is 0 Å². The Bertz CT molecular complexity index is 758. The van der Waals surface area contributed by atoms with Gasteiger partial charge in [0.15, 0.2) is 5.82 Å². The number of nitrogens with one attached hydrogen (secondary N) is 1. The molecule has 3 nitrogen and oxygen atoms in total. The molecule has 0 spiro atoms. The zero-order valence-electron chi connectivity index (χ0n) is 12.7. The number of fused-ring (bicyclic) bond motifs is 1. The Labute approximate surface area is 138 Å². The lowest BCUT2D eigenvalue weighted by atomic mass is 9.87. The second kappa shape index (κ2) is 6.40. The highest BCUT2D eigenvalue weighted by Gasteiger charge is 2.22. The minimum atomic E-state index is -0.796. The molecule has 1 aliphatic rings. The molecule has 1 saturated carbocycles. The van der Waals surface area contributed by atoms with Crippen LogP contribution in [0, 0.1) is 17.6 Å². The number of carbonyl (C=O) groups is 1. The predicted octanol–water partition coefficient (Wildman–Crippen LogP) is 4.47. The van der Waals surface area contributed by atoms with Gasteiger partial charge in [0, 0.05) is 23.7 Å². The summed E-state index contributed by atoms with van der Waals surface area (Å²) in [7, 11) is 0. The fraction of sp³-hybridized carbons (Fsp3) is 0.412. The molecule has 23 heavy (non-hydrogen) atoms. The van der Waals surface area contributed by atoms with Crippen LogP contribution < -0.4 is 5.32 Å². The second-order valence-corrected chi connectivity index (χ2v) is 6.58. The molecule has 0 unspecified atom stereocenters. The van der Waals surface area contributed by atoms with Crippen LogP contribution in [0.1, 0.15) is 43.0 Å². The van der Waals surface area contributed by atoms with Gasteiger partial charge in [-0.2, -0.15) is 0 Å². The summed E-state index contributed by atoms with van der Waals surface area (Å²) < 4.78 is 27.1. The van der Waals surface area contributed by atoms with E-state index in [1.165, 1.54) is 6.20 Å². The number of aromatic nitrogens is 1. The number of carbonyl (C=O) groups excluding carboxylic acids is 1. The lowest BCUT2D eigenvalue weighted by Gasteiger charge is -2.27. The van der Waals surface area contributed by atoms with Gasteiger partial charge in [0.2, 0.25) is 0 Å². The van der Waals surface area contributed by atoms with Gasteiger partial charge in [-0.05, 0) is 37.7 Å². The molecular weight excluding hydrogens is 322 g/mol. The monoisotopic (exact) mass is 338 g/mol. The topological polar surface area (TPSA) is 42.0 Å². The predicted molar refractivity (Wildman–Crippen MR) is 85.6 cm³/mol. The number of nitrogens with zero attached hydrogens (tertiary/aromatic N) is 1. The van der Waals surface area contributed by atoms with Crippen LogP contribution in [0.2, 0.25) is 5.02 Å². The van der Waals surface area contributed by atoms with Crippen molar-refractivity contribution in [2.24, 2.45) is 5.92 Å². The molecule has 0 bridgehead atoms. The van der Waals surface area contributed by atoms with E-state index in [4.69, 9.17) is 11.6 Å². The molecule has 1 aliphatic carbocycles. The van der Waals surface area contributed by atoms with Gasteiger partial charge in [-0.15, -0.1) is 0 Å². The highest BCUT2D eigenvalue weighted by Crippen LogP contribution is 2.29. The average molecular weight is 339 g/mol. The van der Waals surface area contributed by atoms with Gasteiger partial charge in [-0.25, -0.2) is 8.78 Å². The highest BCUT2D eigenvalue weighted by atomic mass is 35.5. The van der Waals surface area contributed by atoms with E-state index in [2.05, 4.69) is 17.2 Å². The number of hydrogen-bond donors (Lipinski definition) is 1. The molecule has 0 radical (unpaired) electrons. The normalized spacial score (nSPS) is 21.4. The van der Waals surface area contributed by atoms with Crippen LogP contribution in [0.5, 0.6) is 0 Å². The quantitative estimate of drug-likeness (QED) is 0.877. The number of benzene rings is 1. The molecule has 0 atom stereocenters. The standard InChI is InChI=1S/C17H17ClF2N2O/c1-9-2-4-11(5-3-9)22-17(23)13-8-21-16-12(15(13)18)6-10(19)7-14(16)20/h6-9,11H,2-5H2,1H3,(H,22,23)/t9-,11-. The molecule has 1 aromatic carbocycles. The zero-order chi connectivity index (χ0) is 16.6. The van der Waals surface area contributed by atoms with Gasteiger partial charge >= 0.3 is 0 Å². The van der Waals surface area contributed by atoms with Gasteiger partial charge in [0.05, 0.1) is 10.6 Å². The third-order valence-corrected chi connectivity index (χ3v) is 4.83. The summed E-state index contributed by atoms with van der Waals surface area (Å²) in [6.45, 7) is 2.20. The molecule has 1 N–H and O–H groups in total. The molecule has 0 aliphatic heterocycles. The molecule has 3 rings (SSSR count). The van der Waals surface area contributed by atoms with E-state index < -0.39 is 11.6 Å². The van der Waals surface area contributed by atoms with E-state index in [9.17, 15) is 13.6 Å². The van der Waals surface area contributed by atoms with E-state index in [1.807, 2.05) is 0 Å². The van der Waals surface area contributed by atoms with Crippen molar-refractivity contribution in [2.45, 2.75) is 38.6 Å². The summed E-state index contributed by atoms with van der Waals surface area (Å²) in [5.41, 5.74) is 0.0993. The van der Waals surface area contributed by atoms with Crippen LogP contribution >= 0.6 is 11.6 Å². The summed E-state index contributed by atoms with van der Waals surface area (Å²) in [6.07, 6.45) is 5.24. The second-order valence-electron chi connectivity index (χ2n) is 6.20. The van der Waals surface area contributed by atoms with E-state index in [1.54, 1.807) is 0 Å². The molecule has 6 heteroatoms. The Morgan fingerprint density at radius 3 is 2.65 bits per heavy atom. The van der Waals surface area contributed by atoms with Crippen molar-refractivity contribution in [3.63, 3.8) is 0 Å². The van der Waals surface area contributed by atoms with E-state index in [-0.39, 0.29) is 33.4 Å². The number of amides is 1. The first-order valence-electron chi connectivity index (χ1n) is 7.70. The van der Waals surface area contributed by atoms with Crippen molar-refractivity contribution < 1.29 is 13.6 Å². The molecule has 2 aromatic rings. The van der Waals surface area contributed by atoms with Gasteiger partial charge in [-0.1, -0.05) is 18.5 Å². The average Bonchev–Trinajstić information content (AvgIpc) is 2.50. The first-order chi connectivity index (χ1) is 11.0. The van der Waals surface area contributed by atoms with Crippen molar-refractivity contribution in [3.8, 4) is 0 Å². The Morgan fingerprint density at radius 1 is 1.26 bits per heavy atom. The maximum atomic E-state index is 13.7. The van der Waals surface area contributed by atoms with Crippen molar-refractivity contribution in [1.82, 2.24) is 10.3 Å². The van der Waals surface area contributed by atoms with Crippen molar-refractivity contribution in [2.75, 3.05) is 0 Å². The number of rotatable bonds is 2. The molecule has 1 aromatic heterocycles. The maximum Gasteiger partial charge on any atom is 0.254 e. The zero-order valence-corrected chi connectivity index (χ0v) is 13.5. The summed E-state index contributed by atoms with van der Waals surface area (Å²) in [5, 5.41) is 3.07. The first kappa shape index (κ1) is 16.1. The van der Waals surface area contributed by atoms with E-state index in [0.717, 1.165) is 37.8 Å². The molecule has 1 fully saturated rings. The minimum absolute atomic E-state index is 0.0232. The lowest BCUT2D eigenvalue weighted by molar-refractivity contribution is 0.0923. The van der Waals surface area contributed by atoms with Crippen LogP contribution in [0.25, 0.3) is 10.9 Å². The molecule has 0 saturated heterocycles. The third-order valence-electron chi connectivity index (χ3n) is 4.42. The van der Waals surface area contributed by atoms with Crippen molar-refractivity contribution in [3.05, 3.63) is 40.6 Å². The Balaban J connectivity index is 1.87. The largest absolute Gasteiger partial charge is 0.349 e. The van der Waals surface area contributed by atoms with Gasteiger partial charge in [0.1, 0.15) is 11.3 Å². The number of pyridine rings is 1. The van der Waals surface area contributed by atoms with Crippen LogP contribution in [0.4, 0.5) is 8.78 Å². The number of hydrogen-bond acceptors (Lipinski definition) is 2. The summed E-state index contributed by atoms with van der Waals surface area (Å²) in [6, 6.07) is 1.94. The highest BCUT2D eigenvalue weighted by molar-refractivity contribution is 6.38. The van der Waals surface area contributed by atoms with Gasteiger partial charge in [0.25, 0.3) is 5.91 Å². The van der Waals surface area contributed by atoms with Crippen molar-refractivity contribution >= 4 is 28.4 Å². The summed E-state index contributed by atoms with van der Waals surface area (Å²) >= 11 is 6.19. The fourth-order valence-corrected chi connectivity index (χ4v) is 3.30. The molecule has 122 valence electrons. The van der Waals surface area contributed by atoms with Gasteiger partial charge < -0.3 is 5.32 Å². The third kappa shape index (κ3) is 3.29.